The van der Waals surface area contributed by atoms with E-state index < -0.39 is 15.9 Å². The number of amides is 1. The molecule has 7 heteroatoms. The molecule has 0 heterocycles. The molecule has 1 aliphatic carbocycles. The molecule has 1 amide bonds. The fourth-order valence-corrected chi connectivity index (χ4v) is 4.26. The van der Waals surface area contributed by atoms with Gasteiger partial charge in [-0.3, -0.25) is 9.63 Å². The molecular formula is C16H24N2O4S. The summed E-state index contributed by atoms with van der Waals surface area (Å²) < 4.78 is 27.0. The summed E-state index contributed by atoms with van der Waals surface area (Å²) in [5.74, 6) is -0.454. The Morgan fingerprint density at radius 3 is 2.65 bits per heavy atom. The number of nitrogens with zero attached hydrogens (tertiary/aromatic N) is 1. The molecule has 0 spiro atoms. The van der Waals surface area contributed by atoms with Crippen LogP contribution in [0, 0.1) is 0 Å². The van der Waals surface area contributed by atoms with Gasteiger partial charge in [0.15, 0.2) is 0 Å². The molecule has 0 unspecified atom stereocenters. The van der Waals surface area contributed by atoms with Crippen LogP contribution >= 0.6 is 0 Å². The summed E-state index contributed by atoms with van der Waals surface area (Å²) in [7, 11) is -1.98. The third kappa shape index (κ3) is 4.31. The number of hydrogen-bond acceptors (Lipinski definition) is 4. The van der Waals surface area contributed by atoms with Gasteiger partial charge in [-0.25, -0.2) is 13.9 Å². The van der Waals surface area contributed by atoms with Crippen LogP contribution in [-0.4, -0.2) is 38.3 Å². The van der Waals surface area contributed by atoms with Gasteiger partial charge < -0.3 is 0 Å². The van der Waals surface area contributed by atoms with E-state index in [1.165, 1.54) is 16.4 Å². The predicted octanol–water partition coefficient (Wildman–Crippen LogP) is 2.32. The number of hydrogen-bond donors (Lipinski definition) is 1. The van der Waals surface area contributed by atoms with Crippen LogP contribution in [0.5, 0.6) is 0 Å². The number of carbonyl (C=O) groups is 1. The van der Waals surface area contributed by atoms with Crippen LogP contribution in [0.4, 0.5) is 0 Å². The molecular weight excluding hydrogens is 316 g/mol. The molecule has 0 bridgehead atoms. The molecule has 128 valence electrons. The van der Waals surface area contributed by atoms with Gasteiger partial charge in [-0.15, -0.1) is 0 Å². The van der Waals surface area contributed by atoms with Crippen molar-refractivity contribution in [3.63, 3.8) is 0 Å². The highest BCUT2D eigenvalue weighted by atomic mass is 32.2. The maximum atomic E-state index is 12.8. The van der Waals surface area contributed by atoms with E-state index in [1.807, 2.05) is 0 Å². The van der Waals surface area contributed by atoms with E-state index in [2.05, 4.69) is 5.48 Å². The highest BCUT2D eigenvalue weighted by molar-refractivity contribution is 7.89. The summed E-state index contributed by atoms with van der Waals surface area (Å²) >= 11 is 0. The first-order chi connectivity index (χ1) is 11.0. The fraction of sp³-hybridized carbons (Fsp3) is 0.562. The highest BCUT2D eigenvalue weighted by Gasteiger charge is 2.29. The Balaban J connectivity index is 2.20. The lowest BCUT2D eigenvalue weighted by molar-refractivity contribution is 0.0364. The number of carbonyl (C=O) groups excluding carboxylic acids is 1. The minimum Gasteiger partial charge on any atom is -0.274 e. The van der Waals surface area contributed by atoms with Crippen molar-refractivity contribution in [2.45, 2.75) is 50.0 Å². The summed E-state index contributed by atoms with van der Waals surface area (Å²) in [6, 6.07) is 6.08. The lowest BCUT2D eigenvalue weighted by Crippen LogP contribution is -2.38. The molecule has 0 atom stereocenters. The minimum atomic E-state index is -3.60. The van der Waals surface area contributed by atoms with Crippen molar-refractivity contribution in [3.8, 4) is 0 Å². The van der Waals surface area contributed by atoms with Crippen molar-refractivity contribution in [3.05, 3.63) is 29.8 Å². The molecule has 1 aliphatic rings. The van der Waals surface area contributed by atoms with Gasteiger partial charge in [0.05, 0.1) is 11.5 Å². The standard InChI is InChI=1S/C16H24N2O4S/c1-3-22-17-16(19)13-8-7-11-15(12-13)23(20,21)18(2)14-9-5-4-6-10-14/h7-8,11-12,14H,3-6,9-10H2,1-2H3,(H,17,19). The van der Waals surface area contributed by atoms with Crippen LogP contribution in [0.3, 0.4) is 0 Å². The molecule has 1 aromatic carbocycles. The molecule has 0 saturated heterocycles. The Morgan fingerprint density at radius 1 is 1.30 bits per heavy atom. The van der Waals surface area contributed by atoms with E-state index in [9.17, 15) is 13.2 Å². The van der Waals surface area contributed by atoms with E-state index >= 15 is 0 Å². The SMILES string of the molecule is CCONC(=O)c1cccc(S(=O)(=O)N(C)C2CCCCC2)c1. The summed E-state index contributed by atoms with van der Waals surface area (Å²) in [5.41, 5.74) is 2.53. The van der Waals surface area contributed by atoms with Gasteiger partial charge in [-0.1, -0.05) is 25.3 Å². The zero-order valence-electron chi connectivity index (χ0n) is 13.6. The van der Waals surface area contributed by atoms with Crippen LogP contribution in [-0.2, 0) is 14.9 Å². The second kappa shape index (κ2) is 7.90. The Kier molecular flexibility index (Phi) is 6.15. The third-order valence-electron chi connectivity index (χ3n) is 4.17. The fourth-order valence-electron chi connectivity index (χ4n) is 2.80. The third-order valence-corrected chi connectivity index (χ3v) is 6.08. The molecule has 1 aromatic rings. The van der Waals surface area contributed by atoms with E-state index in [0.717, 1.165) is 32.1 Å². The molecule has 1 saturated carbocycles. The second-order valence-electron chi connectivity index (χ2n) is 5.71. The van der Waals surface area contributed by atoms with Crippen molar-refractivity contribution in [2.75, 3.05) is 13.7 Å². The normalized spacial score (nSPS) is 16.5. The first-order valence-corrected chi connectivity index (χ1v) is 9.41. The Morgan fingerprint density at radius 2 is 2.00 bits per heavy atom. The van der Waals surface area contributed by atoms with E-state index in [-0.39, 0.29) is 16.5 Å². The molecule has 1 N–H and O–H groups in total. The molecule has 0 aromatic heterocycles. The average Bonchev–Trinajstić information content (AvgIpc) is 2.59. The second-order valence-corrected chi connectivity index (χ2v) is 7.70. The van der Waals surface area contributed by atoms with Crippen molar-refractivity contribution in [2.24, 2.45) is 0 Å². The number of hydroxylamine groups is 1. The smallest absolute Gasteiger partial charge is 0.274 e. The lowest BCUT2D eigenvalue weighted by Gasteiger charge is -2.30. The van der Waals surface area contributed by atoms with Crippen LogP contribution in [0.1, 0.15) is 49.4 Å². The van der Waals surface area contributed by atoms with Crippen molar-refractivity contribution in [1.29, 1.82) is 0 Å². The topological polar surface area (TPSA) is 75.7 Å². The molecule has 0 radical (unpaired) electrons. The average molecular weight is 340 g/mol. The van der Waals surface area contributed by atoms with Crippen LogP contribution in [0.15, 0.2) is 29.2 Å². The van der Waals surface area contributed by atoms with Crippen molar-refractivity contribution in [1.82, 2.24) is 9.79 Å². The highest BCUT2D eigenvalue weighted by Crippen LogP contribution is 2.26. The largest absolute Gasteiger partial charge is 0.274 e. The van der Waals surface area contributed by atoms with Crippen molar-refractivity contribution >= 4 is 15.9 Å². The maximum absolute atomic E-state index is 12.8. The van der Waals surface area contributed by atoms with Crippen LogP contribution in [0.25, 0.3) is 0 Å². The quantitative estimate of drug-likeness (QED) is 0.807. The van der Waals surface area contributed by atoms with Crippen LogP contribution < -0.4 is 5.48 Å². The summed E-state index contributed by atoms with van der Waals surface area (Å²) in [4.78, 5) is 16.9. The summed E-state index contributed by atoms with van der Waals surface area (Å²) in [6.07, 6.45) is 5.06. The number of sulfonamides is 1. The van der Waals surface area contributed by atoms with Gasteiger partial charge in [-0.05, 0) is 38.0 Å². The van der Waals surface area contributed by atoms with Crippen LogP contribution in [0.2, 0.25) is 0 Å². The lowest BCUT2D eigenvalue weighted by atomic mass is 9.96. The number of rotatable bonds is 6. The number of nitrogens with one attached hydrogen (secondary N) is 1. The molecule has 2 rings (SSSR count). The zero-order valence-corrected chi connectivity index (χ0v) is 14.4. The first-order valence-electron chi connectivity index (χ1n) is 7.97. The molecule has 1 fully saturated rings. The van der Waals surface area contributed by atoms with Gasteiger partial charge in [0, 0.05) is 18.7 Å². The molecule has 0 aliphatic heterocycles. The molecule has 23 heavy (non-hydrogen) atoms. The Hall–Kier alpha value is -1.44. The van der Waals surface area contributed by atoms with Crippen molar-refractivity contribution < 1.29 is 18.0 Å². The monoisotopic (exact) mass is 340 g/mol. The van der Waals surface area contributed by atoms with Gasteiger partial charge in [0.25, 0.3) is 5.91 Å². The van der Waals surface area contributed by atoms with E-state index in [4.69, 9.17) is 4.84 Å². The predicted molar refractivity (Wildman–Crippen MR) is 87.4 cm³/mol. The summed E-state index contributed by atoms with van der Waals surface area (Å²) in [6.45, 7) is 2.09. The molecule has 6 nitrogen and oxygen atoms in total. The van der Waals surface area contributed by atoms with Gasteiger partial charge >= 0.3 is 0 Å². The van der Waals surface area contributed by atoms with E-state index in [1.54, 1.807) is 26.1 Å². The minimum absolute atomic E-state index is 0.0367. The first kappa shape index (κ1) is 17.9. The summed E-state index contributed by atoms with van der Waals surface area (Å²) in [5, 5.41) is 0. The van der Waals surface area contributed by atoms with Gasteiger partial charge in [-0.2, -0.15) is 4.31 Å². The maximum Gasteiger partial charge on any atom is 0.274 e. The zero-order chi connectivity index (χ0) is 16.9. The number of benzene rings is 1. The van der Waals surface area contributed by atoms with E-state index in [0.29, 0.717) is 6.61 Å². The Bertz CT molecular complexity index is 639. The Labute approximate surface area is 137 Å². The van der Waals surface area contributed by atoms with Gasteiger partial charge in [0.2, 0.25) is 10.0 Å². The van der Waals surface area contributed by atoms with Gasteiger partial charge in [0.1, 0.15) is 0 Å².